The van der Waals surface area contributed by atoms with E-state index in [4.69, 9.17) is 0 Å². The summed E-state index contributed by atoms with van der Waals surface area (Å²) in [7, 11) is 0. The van der Waals surface area contributed by atoms with E-state index in [2.05, 4.69) is 34.2 Å². The summed E-state index contributed by atoms with van der Waals surface area (Å²) in [5.74, 6) is 1.59. The number of aryl methyl sites for hydroxylation is 1. The Balaban J connectivity index is 2.44. The number of hydrogen-bond acceptors (Lipinski definition) is 4. The first kappa shape index (κ1) is 9.89. The third-order valence-corrected chi connectivity index (χ3v) is 2.39. The van der Waals surface area contributed by atoms with Gasteiger partial charge >= 0.3 is 0 Å². The van der Waals surface area contributed by atoms with Gasteiger partial charge in [-0.3, -0.25) is 0 Å². The van der Waals surface area contributed by atoms with Crippen LogP contribution in [-0.4, -0.2) is 25.6 Å². The van der Waals surface area contributed by atoms with Gasteiger partial charge in [0.1, 0.15) is 12.1 Å². The molecule has 0 aromatic carbocycles. The van der Waals surface area contributed by atoms with E-state index in [0.717, 1.165) is 17.9 Å². The van der Waals surface area contributed by atoms with E-state index in [1.54, 1.807) is 4.52 Å². The minimum Gasteiger partial charge on any atom is -0.367 e. The lowest BCUT2D eigenvalue weighted by Gasteiger charge is -2.13. The van der Waals surface area contributed by atoms with Crippen LogP contribution < -0.4 is 5.32 Å². The molecule has 15 heavy (non-hydrogen) atoms. The second kappa shape index (κ2) is 3.84. The molecule has 80 valence electrons. The number of aromatic nitrogens is 4. The molecule has 0 spiro atoms. The molecular weight excluding hydrogens is 190 g/mol. The van der Waals surface area contributed by atoms with Crippen LogP contribution in [0.4, 0.5) is 5.82 Å². The minimum absolute atomic E-state index is 0.416. The molecule has 1 N–H and O–H groups in total. The maximum atomic E-state index is 4.28. The molecule has 0 unspecified atom stereocenters. The molecule has 0 aliphatic rings. The normalized spacial score (nSPS) is 13.0. The summed E-state index contributed by atoms with van der Waals surface area (Å²) in [6.07, 6.45) is 2.58. The Bertz CT molecular complexity index is 462. The van der Waals surface area contributed by atoms with Gasteiger partial charge < -0.3 is 5.32 Å². The molecule has 0 saturated heterocycles. The lowest BCUT2D eigenvalue weighted by Crippen LogP contribution is -2.16. The van der Waals surface area contributed by atoms with Crippen LogP contribution in [0.5, 0.6) is 0 Å². The second-order valence-corrected chi connectivity index (χ2v) is 3.71. The molecule has 0 aliphatic carbocycles. The minimum atomic E-state index is 0.416. The molecule has 0 fully saturated rings. The molecule has 0 radical (unpaired) electrons. The number of nitrogens with one attached hydrogen (secondary N) is 1. The monoisotopic (exact) mass is 205 g/mol. The van der Waals surface area contributed by atoms with Crippen molar-refractivity contribution in [3.8, 4) is 0 Å². The number of nitrogens with zero attached hydrogens (tertiary/aromatic N) is 4. The van der Waals surface area contributed by atoms with Crippen molar-refractivity contribution in [2.24, 2.45) is 0 Å². The van der Waals surface area contributed by atoms with Crippen LogP contribution in [0.15, 0.2) is 12.4 Å². The van der Waals surface area contributed by atoms with Crippen molar-refractivity contribution in [3.05, 3.63) is 18.1 Å². The van der Waals surface area contributed by atoms with E-state index >= 15 is 0 Å². The summed E-state index contributed by atoms with van der Waals surface area (Å²) in [6, 6.07) is 2.40. The van der Waals surface area contributed by atoms with E-state index in [9.17, 15) is 0 Å². The Labute approximate surface area is 88.6 Å². The molecule has 0 bridgehead atoms. The highest BCUT2D eigenvalue weighted by molar-refractivity contribution is 5.45. The first-order valence-electron chi connectivity index (χ1n) is 5.14. The van der Waals surface area contributed by atoms with E-state index in [1.807, 2.05) is 13.0 Å². The van der Waals surface area contributed by atoms with Gasteiger partial charge in [-0.25, -0.2) is 4.98 Å². The molecule has 2 rings (SSSR count). The van der Waals surface area contributed by atoms with Gasteiger partial charge in [0, 0.05) is 17.8 Å². The van der Waals surface area contributed by atoms with Gasteiger partial charge in [-0.15, -0.1) is 0 Å². The maximum Gasteiger partial charge on any atom is 0.254 e. The fourth-order valence-electron chi connectivity index (χ4n) is 1.39. The smallest absolute Gasteiger partial charge is 0.254 e. The zero-order chi connectivity index (χ0) is 10.8. The molecule has 0 aliphatic heterocycles. The van der Waals surface area contributed by atoms with Gasteiger partial charge in [0.25, 0.3) is 5.78 Å². The van der Waals surface area contributed by atoms with Crippen LogP contribution in [0.25, 0.3) is 5.78 Å². The van der Waals surface area contributed by atoms with Gasteiger partial charge in [-0.1, -0.05) is 6.92 Å². The highest BCUT2D eigenvalue weighted by atomic mass is 15.4. The summed E-state index contributed by atoms with van der Waals surface area (Å²) in [5.41, 5.74) is 0.946. The van der Waals surface area contributed by atoms with Gasteiger partial charge in [-0.2, -0.15) is 14.6 Å². The third kappa shape index (κ3) is 1.91. The fraction of sp³-hybridized carbons (Fsp3) is 0.500. The molecule has 2 aromatic heterocycles. The van der Waals surface area contributed by atoms with Crippen LogP contribution in [0, 0.1) is 6.92 Å². The van der Waals surface area contributed by atoms with Crippen LogP contribution >= 0.6 is 0 Å². The molecular formula is C10H15N5. The molecule has 2 heterocycles. The van der Waals surface area contributed by atoms with Gasteiger partial charge in [0.15, 0.2) is 0 Å². The van der Waals surface area contributed by atoms with Crippen LogP contribution in [0.1, 0.15) is 26.0 Å². The van der Waals surface area contributed by atoms with E-state index < -0.39 is 0 Å². The first-order valence-corrected chi connectivity index (χ1v) is 5.14. The van der Waals surface area contributed by atoms with Crippen LogP contribution in [-0.2, 0) is 0 Å². The molecule has 0 saturated carbocycles. The Kier molecular flexibility index (Phi) is 2.53. The van der Waals surface area contributed by atoms with E-state index in [0.29, 0.717) is 11.8 Å². The molecule has 0 amide bonds. The SMILES string of the molecule is CC[C@H](C)Nc1cc(C)nc2ncnn12. The summed E-state index contributed by atoms with van der Waals surface area (Å²) in [4.78, 5) is 8.35. The number of hydrogen-bond donors (Lipinski definition) is 1. The Morgan fingerprint density at radius 1 is 1.53 bits per heavy atom. The lowest BCUT2D eigenvalue weighted by molar-refractivity contribution is 0.748. The lowest BCUT2D eigenvalue weighted by atomic mass is 10.2. The van der Waals surface area contributed by atoms with Crippen LogP contribution in [0.3, 0.4) is 0 Å². The van der Waals surface area contributed by atoms with Crippen molar-refractivity contribution in [2.75, 3.05) is 5.32 Å². The quantitative estimate of drug-likeness (QED) is 0.827. The highest BCUT2D eigenvalue weighted by Gasteiger charge is 2.06. The zero-order valence-electron chi connectivity index (χ0n) is 9.23. The zero-order valence-corrected chi connectivity index (χ0v) is 9.23. The molecule has 1 atom stereocenters. The number of fused-ring (bicyclic) bond motifs is 1. The summed E-state index contributed by atoms with van der Waals surface area (Å²) < 4.78 is 1.72. The average Bonchev–Trinajstić information content (AvgIpc) is 2.65. The van der Waals surface area contributed by atoms with Gasteiger partial charge in [-0.05, 0) is 20.3 Å². The van der Waals surface area contributed by atoms with Gasteiger partial charge in [0.05, 0.1) is 0 Å². The Hall–Kier alpha value is -1.65. The first-order chi connectivity index (χ1) is 7.20. The van der Waals surface area contributed by atoms with E-state index in [1.165, 1.54) is 6.33 Å². The second-order valence-electron chi connectivity index (χ2n) is 3.71. The highest BCUT2D eigenvalue weighted by Crippen LogP contribution is 2.11. The Morgan fingerprint density at radius 2 is 2.33 bits per heavy atom. The predicted octanol–water partition coefficient (Wildman–Crippen LogP) is 1.64. The predicted molar refractivity (Wildman–Crippen MR) is 58.9 cm³/mol. The number of anilines is 1. The van der Waals surface area contributed by atoms with Crippen molar-refractivity contribution in [1.82, 2.24) is 19.6 Å². The standard InChI is InChI=1S/C10H15N5/c1-4-7(2)13-9-5-8(3)14-10-11-6-12-15(9)10/h5-7,13H,4H2,1-3H3/t7-/m0/s1. The molecule has 2 aromatic rings. The van der Waals surface area contributed by atoms with Crippen molar-refractivity contribution < 1.29 is 0 Å². The fourth-order valence-corrected chi connectivity index (χ4v) is 1.39. The van der Waals surface area contributed by atoms with Crippen LogP contribution in [0.2, 0.25) is 0 Å². The summed E-state index contributed by atoms with van der Waals surface area (Å²) >= 11 is 0. The molecule has 5 nitrogen and oxygen atoms in total. The summed E-state index contributed by atoms with van der Waals surface area (Å²) in [5, 5.41) is 7.51. The molecule has 5 heteroatoms. The van der Waals surface area contributed by atoms with Crippen molar-refractivity contribution in [2.45, 2.75) is 33.2 Å². The van der Waals surface area contributed by atoms with Crippen molar-refractivity contribution in [3.63, 3.8) is 0 Å². The summed E-state index contributed by atoms with van der Waals surface area (Å²) in [6.45, 7) is 6.24. The van der Waals surface area contributed by atoms with Crippen molar-refractivity contribution in [1.29, 1.82) is 0 Å². The largest absolute Gasteiger partial charge is 0.367 e. The topological polar surface area (TPSA) is 55.1 Å². The van der Waals surface area contributed by atoms with Crippen molar-refractivity contribution >= 4 is 11.6 Å². The average molecular weight is 205 g/mol. The maximum absolute atomic E-state index is 4.28. The van der Waals surface area contributed by atoms with E-state index in [-0.39, 0.29) is 0 Å². The number of rotatable bonds is 3. The van der Waals surface area contributed by atoms with Gasteiger partial charge in [0.2, 0.25) is 0 Å². The Morgan fingerprint density at radius 3 is 3.07 bits per heavy atom. The third-order valence-electron chi connectivity index (χ3n) is 2.39.